The van der Waals surface area contributed by atoms with E-state index in [2.05, 4.69) is 0 Å². The molecule has 0 aliphatic rings. The Hall–Kier alpha value is -2.62. The Balaban J connectivity index is 2.53. The van der Waals surface area contributed by atoms with E-state index in [0.29, 0.717) is 17.0 Å². The van der Waals surface area contributed by atoms with Crippen molar-refractivity contribution in [3.8, 4) is 5.75 Å². The van der Waals surface area contributed by atoms with Crippen LogP contribution in [0.2, 0.25) is 0 Å². The zero-order valence-electron chi connectivity index (χ0n) is 17.5. The van der Waals surface area contributed by atoms with Crippen LogP contribution >= 0.6 is 0 Å². The second kappa shape index (κ2) is 9.46. The molecule has 2 aromatic carbocycles. The zero-order chi connectivity index (χ0) is 22.5. The van der Waals surface area contributed by atoms with Crippen molar-refractivity contribution in [2.24, 2.45) is 0 Å². The van der Waals surface area contributed by atoms with Gasteiger partial charge in [-0.15, -0.1) is 0 Å². The summed E-state index contributed by atoms with van der Waals surface area (Å²) in [6.45, 7) is 4.02. The number of anilines is 1. The molecule has 0 amide bonds. The van der Waals surface area contributed by atoms with Crippen LogP contribution in [0.4, 0.5) is 5.69 Å². The van der Waals surface area contributed by atoms with E-state index in [0.717, 1.165) is 4.31 Å². The normalized spacial score (nSPS) is 13.1. The minimum Gasteiger partial charge on any atom is -0.497 e. The van der Waals surface area contributed by atoms with Gasteiger partial charge in [-0.3, -0.25) is 4.79 Å². The molecule has 0 aliphatic heterocycles. The molecule has 164 valence electrons. The molecule has 0 aromatic heterocycles. The monoisotopic (exact) mass is 436 g/mol. The Bertz CT molecular complexity index is 968. The number of carbonyl (C=O) groups is 1. The first kappa shape index (κ1) is 23.7. The van der Waals surface area contributed by atoms with Gasteiger partial charge in [0, 0.05) is 12.2 Å². The van der Waals surface area contributed by atoms with Crippen molar-refractivity contribution in [2.75, 3.05) is 19.5 Å². The van der Waals surface area contributed by atoms with Gasteiger partial charge in [0.05, 0.1) is 18.6 Å². The Labute approximate surface area is 177 Å². The third kappa shape index (κ3) is 5.71. The van der Waals surface area contributed by atoms with Crippen LogP contribution in [0, 0.1) is 0 Å². The number of aliphatic hydroxyl groups is 1. The number of methoxy groups -OCH3 is 1. The molecule has 0 fully saturated rings. The fourth-order valence-electron chi connectivity index (χ4n) is 2.74. The highest BCUT2D eigenvalue weighted by Gasteiger charge is 2.38. The molecule has 2 aromatic rings. The number of esters is 1. The standard InChI is InChI=1S/C21H28N2O6S/c1-21(2,3)29-20(25)19(14-24)23(13-15-7-5-6-8-18(15)22)30(26,27)17-11-9-16(28-4)10-12-17/h5-12,19,24H,13-14,22H2,1-4H3. The summed E-state index contributed by atoms with van der Waals surface area (Å²) in [6.07, 6.45) is 0. The molecule has 0 radical (unpaired) electrons. The number of carbonyl (C=O) groups excluding carboxylic acids is 1. The van der Waals surface area contributed by atoms with Crippen molar-refractivity contribution < 1.29 is 27.8 Å². The Morgan fingerprint density at radius 3 is 2.23 bits per heavy atom. The zero-order valence-corrected chi connectivity index (χ0v) is 18.3. The number of hydrogen-bond acceptors (Lipinski definition) is 7. The first-order chi connectivity index (χ1) is 14.0. The second-order valence-corrected chi connectivity index (χ2v) is 9.55. The Kier molecular flexibility index (Phi) is 7.46. The van der Waals surface area contributed by atoms with E-state index in [9.17, 15) is 18.3 Å². The maximum Gasteiger partial charge on any atom is 0.327 e. The van der Waals surface area contributed by atoms with Crippen molar-refractivity contribution in [2.45, 2.75) is 43.9 Å². The summed E-state index contributed by atoms with van der Waals surface area (Å²) in [5, 5.41) is 9.95. The van der Waals surface area contributed by atoms with Crippen LogP contribution in [-0.4, -0.2) is 49.2 Å². The molecule has 0 bridgehead atoms. The first-order valence-electron chi connectivity index (χ1n) is 9.32. The van der Waals surface area contributed by atoms with E-state index >= 15 is 0 Å². The number of ether oxygens (including phenoxy) is 2. The van der Waals surface area contributed by atoms with Crippen LogP contribution in [0.5, 0.6) is 5.75 Å². The average Bonchev–Trinajstić information content (AvgIpc) is 2.68. The molecule has 1 unspecified atom stereocenters. The number of rotatable bonds is 8. The summed E-state index contributed by atoms with van der Waals surface area (Å²) < 4.78 is 38.2. The molecule has 1 atom stereocenters. The number of nitrogens with two attached hydrogens (primary N) is 1. The number of aliphatic hydroxyl groups excluding tert-OH is 1. The second-order valence-electron chi connectivity index (χ2n) is 7.66. The molecule has 0 saturated carbocycles. The van der Waals surface area contributed by atoms with Gasteiger partial charge >= 0.3 is 5.97 Å². The van der Waals surface area contributed by atoms with E-state index in [4.69, 9.17) is 15.2 Å². The van der Waals surface area contributed by atoms with Gasteiger partial charge in [-0.1, -0.05) is 18.2 Å². The lowest BCUT2D eigenvalue weighted by molar-refractivity contribution is -0.161. The highest BCUT2D eigenvalue weighted by Crippen LogP contribution is 2.26. The molecule has 8 nitrogen and oxygen atoms in total. The lowest BCUT2D eigenvalue weighted by atomic mass is 10.1. The average molecular weight is 437 g/mol. The summed E-state index contributed by atoms with van der Waals surface area (Å²) in [5.74, 6) is -0.366. The van der Waals surface area contributed by atoms with Crippen molar-refractivity contribution in [3.63, 3.8) is 0 Å². The third-order valence-electron chi connectivity index (χ3n) is 4.25. The Morgan fingerprint density at radius 1 is 1.13 bits per heavy atom. The molecule has 0 heterocycles. The van der Waals surface area contributed by atoms with Crippen LogP contribution in [0.1, 0.15) is 26.3 Å². The van der Waals surface area contributed by atoms with E-state index in [1.165, 1.54) is 31.4 Å². The van der Waals surface area contributed by atoms with E-state index < -0.39 is 34.2 Å². The van der Waals surface area contributed by atoms with Gasteiger partial charge in [0.15, 0.2) is 0 Å². The maximum absolute atomic E-state index is 13.4. The van der Waals surface area contributed by atoms with Gasteiger partial charge in [0.25, 0.3) is 0 Å². The maximum atomic E-state index is 13.4. The topological polar surface area (TPSA) is 119 Å². The van der Waals surface area contributed by atoms with Gasteiger partial charge in [0.1, 0.15) is 17.4 Å². The number of nitrogen functional groups attached to an aromatic ring is 1. The molecule has 0 saturated heterocycles. The fourth-order valence-corrected chi connectivity index (χ4v) is 4.29. The van der Waals surface area contributed by atoms with Crippen molar-refractivity contribution in [3.05, 3.63) is 54.1 Å². The lowest BCUT2D eigenvalue weighted by Crippen LogP contribution is -2.49. The summed E-state index contributed by atoms with van der Waals surface area (Å²) in [4.78, 5) is 12.7. The predicted octanol–water partition coefficient (Wildman–Crippen LogP) is 2.17. The molecule has 0 spiro atoms. The molecule has 30 heavy (non-hydrogen) atoms. The van der Waals surface area contributed by atoms with Crippen LogP contribution in [0.3, 0.4) is 0 Å². The minimum atomic E-state index is -4.19. The minimum absolute atomic E-state index is 0.0557. The predicted molar refractivity (Wildman–Crippen MR) is 113 cm³/mol. The smallest absolute Gasteiger partial charge is 0.327 e. The van der Waals surface area contributed by atoms with E-state index in [-0.39, 0.29) is 11.4 Å². The van der Waals surface area contributed by atoms with Crippen molar-refractivity contribution in [1.29, 1.82) is 0 Å². The largest absolute Gasteiger partial charge is 0.497 e. The fraction of sp³-hybridized carbons (Fsp3) is 0.381. The molecule has 2 rings (SSSR count). The summed E-state index contributed by atoms with van der Waals surface area (Å²) in [6, 6.07) is 11.0. The molecular formula is C21H28N2O6S. The summed E-state index contributed by atoms with van der Waals surface area (Å²) in [5.41, 5.74) is 6.00. The Morgan fingerprint density at radius 2 is 1.73 bits per heavy atom. The number of hydrogen-bond donors (Lipinski definition) is 2. The van der Waals surface area contributed by atoms with Crippen LogP contribution in [0.15, 0.2) is 53.4 Å². The van der Waals surface area contributed by atoms with Gasteiger partial charge in [-0.2, -0.15) is 4.31 Å². The third-order valence-corrected chi connectivity index (χ3v) is 6.12. The van der Waals surface area contributed by atoms with Gasteiger partial charge in [-0.25, -0.2) is 8.42 Å². The summed E-state index contributed by atoms with van der Waals surface area (Å²) >= 11 is 0. The molecule has 3 N–H and O–H groups in total. The molecule has 0 aliphatic carbocycles. The quantitative estimate of drug-likeness (QED) is 0.481. The highest BCUT2D eigenvalue weighted by atomic mass is 32.2. The first-order valence-corrected chi connectivity index (χ1v) is 10.8. The molecule has 9 heteroatoms. The molecular weight excluding hydrogens is 408 g/mol. The number of sulfonamides is 1. The van der Waals surface area contributed by atoms with E-state index in [1.807, 2.05) is 0 Å². The van der Waals surface area contributed by atoms with Gasteiger partial charge in [0.2, 0.25) is 10.0 Å². The van der Waals surface area contributed by atoms with Gasteiger partial charge < -0.3 is 20.3 Å². The number of nitrogens with zero attached hydrogens (tertiary/aromatic N) is 1. The SMILES string of the molecule is COc1ccc(S(=O)(=O)N(Cc2ccccc2N)C(CO)C(=O)OC(C)(C)C)cc1. The van der Waals surface area contributed by atoms with Crippen LogP contribution in [0.25, 0.3) is 0 Å². The van der Waals surface area contributed by atoms with Gasteiger partial charge in [-0.05, 0) is 56.7 Å². The van der Waals surface area contributed by atoms with Crippen molar-refractivity contribution in [1.82, 2.24) is 4.31 Å². The lowest BCUT2D eigenvalue weighted by Gasteiger charge is -2.31. The van der Waals surface area contributed by atoms with Crippen molar-refractivity contribution >= 4 is 21.7 Å². The summed E-state index contributed by atoms with van der Waals surface area (Å²) in [7, 11) is -2.72. The number of benzene rings is 2. The van der Waals surface area contributed by atoms with Crippen LogP contribution in [-0.2, 0) is 26.1 Å². The van der Waals surface area contributed by atoms with Crippen LogP contribution < -0.4 is 10.5 Å². The highest BCUT2D eigenvalue weighted by molar-refractivity contribution is 7.89. The number of para-hydroxylation sites is 1. The van der Waals surface area contributed by atoms with E-state index in [1.54, 1.807) is 45.0 Å².